The zero-order valence-corrected chi connectivity index (χ0v) is 23.7. The molecular formula is C30H38ClN3O5. The smallest absolute Gasteiger partial charge is 0.330 e. The van der Waals surface area contributed by atoms with Gasteiger partial charge in [0.25, 0.3) is 11.8 Å². The third-order valence-corrected chi connectivity index (χ3v) is 6.65. The number of carbonyl (C=O) groups is 3. The van der Waals surface area contributed by atoms with Crippen molar-refractivity contribution >= 4 is 35.1 Å². The number of hydrogen-bond acceptors (Lipinski definition) is 6. The van der Waals surface area contributed by atoms with Gasteiger partial charge in [-0.05, 0) is 69.2 Å². The Kier molecular flexibility index (Phi) is 12.0. The SMILES string of the molecule is CCOC(=O)C=CC(=O)N(CCOC(C)C)c1ccc(C(=O)N2CCN(CCc3ccc(Cl)cc3)CC2)cc1. The van der Waals surface area contributed by atoms with E-state index in [2.05, 4.69) is 17.0 Å². The lowest BCUT2D eigenvalue weighted by atomic mass is 10.1. The fraction of sp³-hybridized carbons (Fsp3) is 0.433. The third-order valence-electron chi connectivity index (χ3n) is 6.40. The van der Waals surface area contributed by atoms with Crippen LogP contribution in [0.25, 0.3) is 0 Å². The molecule has 1 heterocycles. The molecule has 9 heteroatoms. The molecule has 0 spiro atoms. The molecule has 2 aromatic carbocycles. The lowest BCUT2D eigenvalue weighted by molar-refractivity contribution is -0.137. The molecule has 0 unspecified atom stereocenters. The molecule has 1 fully saturated rings. The van der Waals surface area contributed by atoms with Crippen LogP contribution in [0.2, 0.25) is 5.02 Å². The van der Waals surface area contributed by atoms with E-state index in [4.69, 9.17) is 21.1 Å². The lowest BCUT2D eigenvalue weighted by Crippen LogP contribution is -2.49. The van der Waals surface area contributed by atoms with E-state index in [9.17, 15) is 14.4 Å². The van der Waals surface area contributed by atoms with E-state index in [-0.39, 0.29) is 24.5 Å². The molecule has 3 rings (SSSR count). The molecule has 0 N–H and O–H groups in total. The molecule has 0 radical (unpaired) electrons. The zero-order chi connectivity index (χ0) is 28.2. The Hall–Kier alpha value is -3.20. The summed E-state index contributed by atoms with van der Waals surface area (Å²) in [6.07, 6.45) is 3.28. The van der Waals surface area contributed by atoms with Gasteiger partial charge in [-0.25, -0.2) is 4.79 Å². The van der Waals surface area contributed by atoms with Gasteiger partial charge in [0.2, 0.25) is 0 Å². The fourth-order valence-electron chi connectivity index (χ4n) is 4.25. The van der Waals surface area contributed by atoms with Crippen LogP contribution in [0, 0.1) is 0 Å². The van der Waals surface area contributed by atoms with Crippen molar-refractivity contribution < 1.29 is 23.9 Å². The minimum absolute atomic E-state index is 0.0231. The summed E-state index contributed by atoms with van der Waals surface area (Å²) < 4.78 is 10.5. The highest BCUT2D eigenvalue weighted by atomic mass is 35.5. The maximum Gasteiger partial charge on any atom is 0.330 e. The number of anilines is 1. The second-order valence-electron chi connectivity index (χ2n) is 9.55. The summed E-state index contributed by atoms with van der Waals surface area (Å²) in [4.78, 5) is 43.4. The Morgan fingerprint density at radius 1 is 0.974 bits per heavy atom. The monoisotopic (exact) mass is 555 g/mol. The van der Waals surface area contributed by atoms with Gasteiger partial charge in [0.15, 0.2) is 0 Å². The van der Waals surface area contributed by atoms with Gasteiger partial charge >= 0.3 is 5.97 Å². The van der Waals surface area contributed by atoms with Crippen molar-refractivity contribution in [3.05, 3.63) is 76.8 Å². The molecule has 0 aromatic heterocycles. The number of rotatable bonds is 12. The first-order valence-corrected chi connectivity index (χ1v) is 13.8. The van der Waals surface area contributed by atoms with Gasteiger partial charge in [-0.2, -0.15) is 0 Å². The maximum atomic E-state index is 13.2. The topological polar surface area (TPSA) is 79.4 Å². The van der Waals surface area contributed by atoms with Crippen molar-refractivity contribution in [2.75, 3.05) is 57.4 Å². The van der Waals surface area contributed by atoms with Crippen LogP contribution in [-0.4, -0.2) is 86.2 Å². The maximum absolute atomic E-state index is 13.2. The fourth-order valence-corrected chi connectivity index (χ4v) is 4.37. The largest absolute Gasteiger partial charge is 0.463 e. The number of halogens is 1. The molecule has 39 heavy (non-hydrogen) atoms. The molecule has 210 valence electrons. The quantitative estimate of drug-likeness (QED) is 0.288. The van der Waals surface area contributed by atoms with E-state index in [1.807, 2.05) is 30.9 Å². The Balaban J connectivity index is 1.57. The van der Waals surface area contributed by atoms with Gasteiger partial charge in [-0.3, -0.25) is 14.5 Å². The van der Waals surface area contributed by atoms with Gasteiger partial charge < -0.3 is 19.3 Å². The van der Waals surface area contributed by atoms with Gasteiger partial charge in [-0.15, -0.1) is 0 Å². The van der Waals surface area contributed by atoms with Crippen LogP contribution in [0.4, 0.5) is 5.69 Å². The van der Waals surface area contributed by atoms with Crippen LogP contribution in [0.15, 0.2) is 60.7 Å². The molecule has 0 aliphatic carbocycles. The van der Waals surface area contributed by atoms with Crippen LogP contribution in [0.1, 0.15) is 36.7 Å². The van der Waals surface area contributed by atoms with Crippen LogP contribution in [-0.2, 0) is 25.5 Å². The number of nitrogens with zero attached hydrogens (tertiary/aromatic N) is 3. The van der Waals surface area contributed by atoms with Gasteiger partial charge in [0.05, 0.1) is 19.3 Å². The number of carbonyl (C=O) groups excluding carboxylic acids is 3. The highest BCUT2D eigenvalue weighted by molar-refractivity contribution is 6.30. The van der Waals surface area contributed by atoms with E-state index in [1.165, 1.54) is 16.5 Å². The summed E-state index contributed by atoms with van der Waals surface area (Å²) in [5.41, 5.74) is 2.43. The molecule has 1 aliphatic heterocycles. The molecular weight excluding hydrogens is 518 g/mol. The number of esters is 1. The molecule has 2 amide bonds. The van der Waals surface area contributed by atoms with Gasteiger partial charge in [0, 0.05) is 67.7 Å². The van der Waals surface area contributed by atoms with Crippen molar-refractivity contribution in [3.8, 4) is 0 Å². The van der Waals surface area contributed by atoms with E-state index >= 15 is 0 Å². The first-order chi connectivity index (χ1) is 18.8. The Morgan fingerprint density at radius 3 is 2.26 bits per heavy atom. The zero-order valence-electron chi connectivity index (χ0n) is 23.0. The highest BCUT2D eigenvalue weighted by Crippen LogP contribution is 2.18. The van der Waals surface area contributed by atoms with Crippen LogP contribution < -0.4 is 4.90 Å². The summed E-state index contributed by atoms with van der Waals surface area (Å²) in [6.45, 7) is 10.3. The summed E-state index contributed by atoms with van der Waals surface area (Å²) in [5, 5.41) is 0.740. The van der Waals surface area contributed by atoms with E-state index in [1.54, 1.807) is 31.2 Å². The van der Waals surface area contributed by atoms with Crippen LogP contribution >= 0.6 is 11.6 Å². The summed E-state index contributed by atoms with van der Waals surface area (Å²) in [5.74, 6) is -0.971. The number of amides is 2. The first kappa shape index (κ1) is 30.3. The Labute approximate surface area is 236 Å². The molecule has 2 aromatic rings. The normalized spacial score (nSPS) is 14.1. The van der Waals surface area contributed by atoms with Crippen molar-refractivity contribution in [1.82, 2.24) is 9.80 Å². The Morgan fingerprint density at radius 2 is 1.64 bits per heavy atom. The summed E-state index contributed by atoms with van der Waals surface area (Å²) in [7, 11) is 0. The summed E-state index contributed by atoms with van der Waals surface area (Å²) >= 11 is 5.97. The van der Waals surface area contributed by atoms with Crippen molar-refractivity contribution in [3.63, 3.8) is 0 Å². The molecule has 8 nitrogen and oxygen atoms in total. The minimum Gasteiger partial charge on any atom is -0.463 e. The molecule has 0 bridgehead atoms. The van der Waals surface area contributed by atoms with Crippen molar-refractivity contribution in [2.45, 2.75) is 33.3 Å². The van der Waals surface area contributed by atoms with Crippen molar-refractivity contribution in [1.29, 1.82) is 0 Å². The van der Waals surface area contributed by atoms with Gasteiger partial charge in [0.1, 0.15) is 0 Å². The number of benzene rings is 2. The minimum atomic E-state index is -0.574. The van der Waals surface area contributed by atoms with Crippen molar-refractivity contribution in [2.24, 2.45) is 0 Å². The second kappa shape index (κ2) is 15.4. The highest BCUT2D eigenvalue weighted by Gasteiger charge is 2.22. The number of ether oxygens (including phenoxy) is 2. The first-order valence-electron chi connectivity index (χ1n) is 13.4. The Bertz CT molecular complexity index is 1110. The second-order valence-corrected chi connectivity index (χ2v) is 9.99. The van der Waals surface area contributed by atoms with E-state index < -0.39 is 5.97 Å². The predicted octanol–water partition coefficient (Wildman–Crippen LogP) is 4.22. The summed E-state index contributed by atoms with van der Waals surface area (Å²) in [6, 6.07) is 14.9. The predicted molar refractivity (Wildman–Crippen MR) is 153 cm³/mol. The van der Waals surface area contributed by atoms with Crippen LogP contribution in [0.3, 0.4) is 0 Å². The molecule has 0 saturated carbocycles. The number of hydrogen-bond donors (Lipinski definition) is 0. The van der Waals surface area contributed by atoms with E-state index in [0.717, 1.165) is 37.2 Å². The van der Waals surface area contributed by atoms with E-state index in [0.29, 0.717) is 37.5 Å². The average Bonchev–Trinajstić information content (AvgIpc) is 2.94. The van der Waals surface area contributed by atoms with Gasteiger partial charge in [-0.1, -0.05) is 23.7 Å². The molecule has 0 atom stereocenters. The van der Waals surface area contributed by atoms with Crippen LogP contribution in [0.5, 0.6) is 0 Å². The lowest BCUT2D eigenvalue weighted by Gasteiger charge is -2.35. The third kappa shape index (κ3) is 9.80. The standard InChI is InChI=1S/C30H38ClN3O5/c1-4-38-29(36)14-13-28(35)34(21-22-39-23(2)3)27-11-7-25(8-12-27)30(37)33-19-17-32(18-20-33)16-15-24-5-9-26(31)10-6-24/h5-14,23H,4,15-22H2,1-3H3. The molecule has 1 aliphatic rings. The average molecular weight is 556 g/mol. The molecule has 1 saturated heterocycles. The number of piperazine rings is 1.